The van der Waals surface area contributed by atoms with Crippen molar-refractivity contribution in [3.63, 3.8) is 0 Å². The summed E-state index contributed by atoms with van der Waals surface area (Å²) in [5.41, 5.74) is 6.21. The van der Waals surface area contributed by atoms with Crippen molar-refractivity contribution >= 4 is 0 Å². The van der Waals surface area contributed by atoms with Gasteiger partial charge in [-0.25, -0.2) is 0 Å². The summed E-state index contributed by atoms with van der Waals surface area (Å²) in [6, 6.07) is 1.23. The zero-order valence-corrected chi connectivity index (χ0v) is 11.5. The highest BCUT2D eigenvalue weighted by atomic mass is 14.9. The van der Waals surface area contributed by atoms with Gasteiger partial charge in [0, 0.05) is 12.1 Å². The van der Waals surface area contributed by atoms with Crippen molar-refractivity contribution in [2.24, 2.45) is 17.6 Å². The molecule has 2 nitrogen and oxygen atoms in total. The van der Waals surface area contributed by atoms with Gasteiger partial charge in [-0.15, -0.1) is 0 Å². The Kier molecular flexibility index (Phi) is 5.30. The van der Waals surface area contributed by atoms with Crippen molar-refractivity contribution in [1.82, 2.24) is 5.32 Å². The lowest BCUT2D eigenvalue weighted by Crippen LogP contribution is -2.42. The van der Waals surface area contributed by atoms with Crippen molar-refractivity contribution in [3.8, 4) is 0 Å². The molecule has 2 rings (SSSR count). The molecule has 4 unspecified atom stereocenters. The van der Waals surface area contributed by atoms with Gasteiger partial charge in [-0.05, 0) is 50.5 Å². The molecule has 0 aromatic rings. The fraction of sp³-hybridized carbons (Fsp3) is 1.00. The van der Waals surface area contributed by atoms with Gasteiger partial charge >= 0.3 is 0 Å². The molecule has 0 spiro atoms. The number of rotatable bonds is 3. The van der Waals surface area contributed by atoms with Gasteiger partial charge < -0.3 is 11.1 Å². The summed E-state index contributed by atoms with van der Waals surface area (Å²) in [6.07, 6.45) is 12.3. The fourth-order valence-electron chi connectivity index (χ4n) is 3.50. The maximum absolute atomic E-state index is 6.21. The summed E-state index contributed by atoms with van der Waals surface area (Å²) in [4.78, 5) is 0. The third kappa shape index (κ3) is 4.26. The van der Waals surface area contributed by atoms with Crippen molar-refractivity contribution < 1.29 is 0 Å². The third-order valence-electron chi connectivity index (χ3n) is 4.89. The lowest BCUT2D eigenvalue weighted by atomic mass is 9.85. The van der Waals surface area contributed by atoms with E-state index in [4.69, 9.17) is 5.73 Å². The van der Waals surface area contributed by atoms with Crippen molar-refractivity contribution in [3.05, 3.63) is 0 Å². The third-order valence-corrected chi connectivity index (χ3v) is 4.89. The Labute approximate surface area is 107 Å². The van der Waals surface area contributed by atoms with Crippen LogP contribution in [0.4, 0.5) is 0 Å². The van der Waals surface area contributed by atoms with Crippen LogP contribution in [0.2, 0.25) is 0 Å². The topological polar surface area (TPSA) is 38.0 Å². The van der Waals surface area contributed by atoms with Gasteiger partial charge in [0.1, 0.15) is 0 Å². The lowest BCUT2D eigenvalue weighted by molar-refractivity contribution is 0.280. The Hall–Kier alpha value is -0.0800. The Morgan fingerprint density at radius 1 is 0.941 bits per heavy atom. The number of hydrogen-bond donors (Lipinski definition) is 2. The van der Waals surface area contributed by atoms with E-state index in [0.29, 0.717) is 6.04 Å². The number of hydrogen-bond acceptors (Lipinski definition) is 2. The second kappa shape index (κ2) is 6.75. The Balaban J connectivity index is 1.69. The zero-order valence-electron chi connectivity index (χ0n) is 11.5. The van der Waals surface area contributed by atoms with Crippen LogP contribution in [0.3, 0.4) is 0 Å². The van der Waals surface area contributed by atoms with Gasteiger partial charge in [-0.1, -0.05) is 32.6 Å². The van der Waals surface area contributed by atoms with Crippen LogP contribution in [0, 0.1) is 11.8 Å². The molecule has 100 valence electrons. The Bertz CT molecular complexity index is 217. The monoisotopic (exact) mass is 238 g/mol. The van der Waals surface area contributed by atoms with E-state index < -0.39 is 0 Å². The normalized spacial score (nSPS) is 39.9. The highest BCUT2D eigenvalue weighted by Crippen LogP contribution is 2.25. The second-order valence-corrected chi connectivity index (χ2v) is 6.43. The molecule has 2 fully saturated rings. The average Bonchev–Trinajstić information content (AvgIpc) is 2.53. The van der Waals surface area contributed by atoms with Gasteiger partial charge in [0.2, 0.25) is 0 Å². The molecular formula is C15H30N2. The number of nitrogens with two attached hydrogens (primary N) is 1. The molecule has 4 atom stereocenters. The maximum Gasteiger partial charge on any atom is 0.00792 e. The quantitative estimate of drug-likeness (QED) is 0.742. The standard InChI is InChI=1S/C15H30N2/c1-12-5-4-7-14(10-9-12)17-11-13-6-2-3-8-15(13)16/h12-15,17H,2-11,16H2,1H3. The second-order valence-electron chi connectivity index (χ2n) is 6.43. The van der Waals surface area contributed by atoms with Gasteiger partial charge in [0.25, 0.3) is 0 Å². The lowest BCUT2D eigenvalue weighted by Gasteiger charge is -2.30. The van der Waals surface area contributed by atoms with E-state index in [1.165, 1.54) is 64.3 Å². The predicted octanol–water partition coefficient (Wildman–Crippen LogP) is 3.06. The first-order chi connectivity index (χ1) is 8.25. The molecule has 0 bridgehead atoms. The van der Waals surface area contributed by atoms with E-state index in [0.717, 1.165) is 17.9 Å². The molecule has 0 radical (unpaired) electrons. The molecule has 17 heavy (non-hydrogen) atoms. The molecule has 2 saturated carbocycles. The van der Waals surface area contributed by atoms with Crippen molar-refractivity contribution in [1.29, 1.82) is 0 Å². The molecule has 2 heteroatoms. The van der Waals surface area contributed by atoms with Gasteiger partial charge in [-0.2, -0.15) is 0 Å². The fourth-order valence-corrected chi connectivity index (χ4v) is 3.50. The van der Waals surface area contributed by atoms with Crippen LogP contribution in [0.15, 0.2) is 0 Å². The first-order valence-electron chi connectivity index (χ1n) is 7.74. The van der Waals surface area contributed by atoms with E-state index in [1.807, 2.05) is 0 Å². The largest absolute Gasteiger partial charge is 0.327 e. The van der Waals surface area contributed by atoms with Crippen LogP contribution >= 0.6 is 0 Å². The molecule has 2 aliphatic carbocycles. The van der Waals surface area contributed by atoms with Crippen molar-refractivity contribution in [2.75, 3.05) is 6.54 Å². The van der Waals surface area contributed by atoms with Gasteiger partial charge in [0.15, 0.2) is 0 Å². The minimum atomic E-state index is 0.459. The zero-order chi connectivity index (χ0) is 12.1. The Morgan fingerprint density at radius 2 is 1.76 bits per heavy atom. The van der Waals surface area contributed by atoms with Crippen LogP contribution in [-0.2, 0) is 0 Å². The van der Waals surface area contributed by atoms with Crippen molar-refractivity contribution in [2.45, 2.75) is 76.8 Å². The number of nitrogens with one attached hydrogen (secondary N) is 1. The average molecular weight is 238 g/mol. The van der Waals surface area contributed by atoms with E-state index in [1.54, 1.807) is 0 Å². The molecule has 0 amide bonds. The molecule has 3 N–H and O–H groups in total. The molecule has 2 aliphatic rings. The van der Waals surface area contributed by atoms with Crippen LogP contribution in [0.25, 0.3) is 0 Å². The summed E-state index contributed by atoms with van der Waals surface area (Å²) in [6.45, 7) is 3.57. The van der Waals surface area contributed by atoms with Crippen LogP contribution in [-0.4, -0.2) is 18.6 Å². The summed E-state index contributed by atoms with van der Waals surface area (Å²) in [5, 5.41) is 3.80. The molecule has 0 aromatic carbocycles. The molecule has 0 aromatic heterocycles. The molecule has 0 aliphatic heterocycles. The van der Waals surface area contributed by atoms with E-state index in [2.05, 4.69) is 12.2 Å². The summed E-state index contributed by atoms with van der Waals surface area (Å²) in [7, 11) is 0. The first kappa shape index (κ1) is 13.4. The Morgan fingerprint density at radius 3 is 2.59 bits per heavy atom. The summed E-state index contributed by atoms with van der Waals surface area (Å²) < 4.78 is 0. The highest BCUT2D eigenvalue weighted by Gasteiger charge is 2.23. The summed E-state index contributed by atoms with van der Waals surface area (Å²) >= 11 is 0. The first-order valence-corrected chi connectivity index (χ1v) is 7.74. The van der Waals surface area contributed by atoms with E-state index in [-0.39, 0.29) is 0 Å². The minimum absolute atomic E-state index is 0.459. The van der Waals surface area contributed by atoms with E-state index >= 15 is 0 Å². The summed E-state index contributed by atoms with van der Waals surface area (Å²) in [5.74, 6) is 1.68. The molecule has 0 saturated heterocycles. The maximum atomic E-state index is 6.21. The SMILES string of the molecule is CC1CCCC(NCC2CCCCC2N)CC1. The van der Waals surface area contributed by atoms with Gasteiger partial charge in [-0.3, -0.25) is 0 Å². The minimum Gasteiger partial charge on any atom is -0.327 e. The highest BCUT2D eigenvalue weighted by molar-refractivity contribution is 4.82. The predicted molar refractivity (Wildman–Crippen MR) is 74.0 cm³/mol. The molecule has 0 heterocycles. The van der Waals surface area contributed by atoms with Crippen LogP contribution in [0.1, 0.15) is 64.7 Å². The van der Waals surface area contributed by atoms with Crippen LogP contribution in [0.5, 0.6) is 0 Å². The van der Waals surface area contributed by atoms with Gasteiger partial charge in [0.05, 0.1) is 0 Å². The molecular weight excluding hydrogens is 208 g/mol. The van der Waals surface area contributed by atoms with Crippen LogP contribution < -0.4 is 11.1 Å². The smallest absolute Gasteiger partial charge is 0.00792 e. The van der Waals surface area contributed by atoms with E-state index in [9.17, 15) is 0 Å².